The van der Waals surface area contributed by atoms with Gasteiger partial charge in [-0.05, 0) is 68.9 Å². The Balaban J connectivity index is 2.09. The van der Waals surface area contributed by atoms with Gasteiger partial charge < -0.3 is 9.47 Å². The highest BCUT2D eigenvalue weighted by atomic mass is 16.2. The third-order valence-corrected chi connectivity index (χ3v) is 6.31. The van der Waals surface area contributed by atoms with E-state index in [2.05, 4.69) is 76.1 Å². The molecule has 0 radical (unpaired) electrons. The number of aromatic nitrogens is 1. The number of carbonyl (C=O) groups excluding carboxylic acids is 1. The molecule has 0 unspecified atom stereocenters. The monoisotopic (exact) mass is 400 g/mol. The molecule has 0 saturated carbocycles. The first-order chi connectivity index (χ1) is 14.3. The van der Waals surface area contributed by atoms with Gasteiger partial charge in [-0.1, -0.05) is 48.9 Å². The van der Waals surface area contributed by atoms with Crippen molar-refractivity contribution in [1.82, 2.24) is 4.57 Å². The summed E-state index contributed by atoms with van der Waals surface area (Å²) in [6.45, 7) is 16.5. The van der Waals surface area contributed by atoms with Crippen LogP contribution in [-0.2, 0) is 17.8 Å². The van der Waals surface area contributed by atoms with Gasteiger partial charge in [-0.15, -0.1) is 0 Å². The van der Waals surface area contributed by atoms with Gasteiger partial charge in [0.1, 0.15) is 0 Å². The van der Waals surface area contributed by atoms with Crippen LogP contribution in [0.5, 0.6) is 0 Å². The smallest absolute Gasteiger partial charge is 0.227 e. The van der Waals surface area contributed by atoms with Gasteiger partial charge in [-0.2, -0.15) is 0 Å². The zero-order chi connectivity index (χ0) is 21.6. The number of amides is 1. The Kier molecular flexibility index (Phi) is 5.31. The molecule has 156 valence electrons. The van der Waals surface area contributed by atoms with Crippen molar-refractivity contribution >= 4 is 22.5 Å². The van der Waals surface area contributed by atoms with Gasteiger partial charge in [0.05, 0.1) is 11.2 Å². The summed E-state index contributed by atoms with van der Waals surface area (Å²) < 4.78 is 2.40. The Morgan fingerprint density at radius 2 is 1.80 bits per heavy atom. The van der Waals surface area contributed by atoms with E-state index in [1.807, 2.05) is 4.90 Å². The van der Waals surface area contributed by atoms with Gasteiger partial charge in [-0.25, -0.2) is 0 Å². The number of carbonyl (C=O) groups is 1. The molecule has 1 aliphatic rings. The van der Waals surface area contributed by atoms with Crippen molar-refractivity contribution in [3.8, 4) is 11.1 Å². The lowest BCUT2D eigenvalue weighted by molar-refractivity contribution is -0.118. The molecule has 0 atom stereocenters. The molecule has 1 aromatic heterocycles. The van der Waals surface area contributed by atoms with Gasteiger partial charge >= 0.3 is 0 Å². The Morgan fingerprint density at radius 3 is 2.43 bits per heavy atom. The quantitative estimate of drug-likeness (QED) is 0.449. The second-order valence-corrected chi connectivity index (χ2v) is 8.82. The fraction of sp³-hybridized carbons (Fsp3) is 0.370. The highest BCUT2D eigenvalue weighted by molar-refractivity contribution is 6.11. The molecule has 4 rings (SSSR count). The summed E-state index contributed by atoms with van der Waals surface area (Å²) in [7, 11) is 0. The molecule has 0 spiro atoms. The van der Waals surface area contributed by atoms with Crippen molar-refractivity contribution in [2.24, 2.45) is 0 Å². The summed E-state index contributed by atoms with van der Waals surface area (Å²) >= 11 is 0. The van der Waals surface area contributed by atoms with Crippen LogP contribution in [0.25, 0.3) is 22.0 Å². The predicted octanol–water partition coefficient (Wildman–Crippen LogP) is 6.50. The van der Waals surface area contributed by atoms with E-state index in [0.717, 1.165) is 37.2 Å². The highest BCUT2D eigenvalue weighted by Crippen LogP contribution is 2.45. The lowest BCUT2D eigenvalue weighted by Gasteiger charge is -2.33. The van der Waals surface area contributed by atoms with E-state index in [4.69, 9.17) is 0 Å². The first kappa shape index (κ1) is 20.5. The minimum absolute atomic E-state index is 0.233. The number of anilines is 1. The Bertz CT molecular complexity index is 1150. The second-order valence-electron chi connectivity index (χ2n) is 8.82. The van der Waals surface area contributed by atoms with Crippen LogP contribution < -0.4 is 4.90 Å². The number of benzene rings is 2. The lowest BCUT2D eigenvalue weighted by atomic mass is 9.87. The molecule has 0 N–H and O–H groups in total. The van der Waals surface area contributed by atoms with Crippen molar-refractivity contribution in [1.29, 1.82) is 0 Å². The van der Waals surface area contributed by atoms with Gasteiger partial charge in [0.15, 0.2) is 0 Å². The summed E-state index contributed by atoms with van der Waals surface area (Å²) in [5.41, 5.74) is 11.0. The molecular formula is C27H32N2O. The number of hydrogen-bond donors (Lipinski definition) is 0. The van der Waals surface area contributed by atoms with Crippen LogP contribution >= 0.6 is 0 Å². The SMILES string of the molecule is C=C(C)Cc1c(C)c2c3c(cc(C)n3CCN2C(=O)CCC)c1-c1ccc(C)cc1. The zero-order valence-electron chi connectivity index (χ0n) is 18.9. The molecule has 1 aliphatic heterocycles. The largest absolute Gasteiger partial charge is 0.341 e. The molecule has 2 aromatic carbocycles. The molecule has 0 bridgehead atoms. The van der Waals surface area contributed by atoms with Crippen LogP contribution in [0.3, 0.4) is 0 Å². The normalized spacial score (nSPS) is 13.2. The van der Waals surface area contributed by atoms with Crippen LogP contribution in [-0.4, -0.2) is 17.0 Å². The summed E-state index contributed by atoms with van der Waals surface area (Å²) in [5, 5.41) is 1.25. The Morgan fingerprint density at radius 1 is 1.10 bits per heavy atom. The van der Waals surface area contributed by atoms with E-state index in [1.54, 1.807) is 0 Å². The third-order valence-electron chi connectivity index (χ3n) is 6.31. The maximum Gasteiger partial charge on any atom is 0.227 e. The minimum atomic E-state index is 0.233. The van der Waals surface area contributed by atoms with Crippen LogP contribution in [0.4, 0.5) is 5.69 Å². The van der Waals surface area contributed by atoms with Crippen LogP contribution in [0.2, 0.25) is 0 Å². The first-order valence-electron chi connectivity index (χ1n) is 11.0. The maximum atomic E-state index is 13.0. The first-order valence-corrected chi connectivity index (χ1v) is 11.0. The predicted molar refractivity (Wildman–Crippen MR) is 127 cm³/mol. The number of nitrogens with zero attached hydrogens (tertiary/aromatic N) is 2. The van der Waals surface area contributed by atoms with Crippen molar-refractivity contribution < 1.29 is 4.79 Å². The molecule has 30 heavy (non-hydrogen) atoms. The lowest BCUT2D eigenvalue weighted by Crippen LogP contribution is -2.37. The Labute approximate surface area is 180 Å². The van der Waals surface area contributed by atoms with E-state index in [9.17, 15) is 4.79 Å². The van der Waals surface area contributed by atoms with E-state index < -0.39 is 0 Å². The van der Waals surface area contributed by atoms with Crippen molar-refractivity contribution in [2.45, 2.75) is 60.4 Å². The average molecular weight is 401 g/mol. The highest BCUT2D eigenvalue weighted by Gasteiger charge is 2.30. The Hall–Kier alpha value is -2.81. The van der Waals surface area contributed by atoms with Crippen LogP contribution in [0, 0.1) is 20.8 Å². The minimum Gasteiger partial charge on any atom is -0.341 e. The molecule has 3 aromatic rings. The van der Waals surface area contributed by atoms with Crippen LogP contribution in [0.1, 0.15) is 49.1 Å². The summed E-state index contributed by atoms with van der Waals surface area (Å²) in [6, 6.07) is 11.1. The molecule has 1 amide bonds. The third kappa shape index (κ3) is 3.27. The van der Waals surface area contributed by atoms with E-state index >= 15 is 0 Å². The molecule has 0 aliphatic carbocycles. The number of aryl methyl sites for hydroxylation is 2. The average Bonchev–Trinajstić information content (AvgIpc) is 3.03. The summed E-state index contributed by atoms with van der Waals surface area (Å²) in [4.78, 5) is 15.1. The topological polar surface area (TPSA) is 25.2 Å². The number of hydrogen-bond acceptors (Lipinski definition) is 1. The fourth-order valence-corrected chi connectivity index (χ4v) is 4.89. The number of allylic oxidation sites excluding steroid dienone is 1. The summed E-state index contributed by atoms with van der Waals surface area (Å²) in [5.74, 6) is 0.233. The van der Waals surface area contributed by atoms with Gasteiger partial charge in [0, 0.05) is 30.6 Å². The summed E-state index contributed by atoms with van der Waals surface area (Å²) in [6.07, 6.45) is 2.28. The van der Waals surface area contributed by atoms with E-state index in [-0.39, 0.29) is 5.91 Å². The molecule has 0 fully saturated rings. The van der Waals surface area contributed by atoms with Crippen LogP contribution in [0.15, 0.2) is 42.5 Å². The molecule has 3 heteroatoms. The molecule has 2 heterocycles. The molecule has 0 saturated heterocycles. The van der Waals surface area contributed by atoms with Gasteiger partial charge in [-0.3, -0.25) is 4.79 Å². The number of rotatable bonds is 5. The fourth-order valence-electron chi connectivity index (χ4n) is 4.89. The van der Waals surface area contributed by atoms with E-state index in [1.165, 1.54) is 44.4 Å². The van der Waals surface area contributed by atoms with Gasteiger partial charge in [0.25, 0.3) is 0 Å². The van der Waals surface area contributed by atoms with Crippen molar-refractivity contribution in [3.05, 3.63) is 64.9 Å². The molecule has 3 nitrogen and oxygen atoms in total. The van der Waals surface area contributed by atoms with E-state index in [0.29, 0.717) is 6.42 Å². The van der Waals surface area contributed by atoms with Crippen molar-refractivity contribution in [3.63, 3.8) is 0 Å². The van der Waals surface area contributed by atoms with Gasteiger partial charge in [0.2, 0.25) is 5.91 Å². The maximum absolute atomic E-state index is 13.0. The van der Waals surface area contributed by atoms with Crippen molar-refractivity contribution in [2.75, 3.05) is 11.4 Å². The molecular weight excluding hydrogens is 368 g/mol. The second kappa shape index (κ2) is 7.79. The standard InChI is InChI=1S/C27H32N2O/c1-7-8-24(30)29-14-13-28-19(5)16-23-25(21-11-9-18(4)10-12-21)22(15-17(2)3)20(6)26(29)27(23)28/h9-12,16H,2,7-8,13-15H2,1,3-6H3. The zero-order valence-corrected chi connectivity index (χ0v) is 18.9.